The Bertz CT molecular complexity index is 3590. The van der Waals surface area contributed by atoms with Crippen LogP contribution in [0.1, 0.15) is 0 Å². The van der Waals surface area contributed by atoms with Crippen LogP contribution in [0.3, 0.4) is 0 Å². The maximum Gasteiger partial charge on any atom is 0.0562 e. The third-order valence-electron chi connectivity index (χ3n) is 12.2. The van der Waals surface area contributed by atoms with Crippen molar-refractivity contribution < 1.29 is 0 Å². The van der Waals surface area contributed by atoms with Gasteiger partial charge in [0.05, 0.1) is 22.4 Å². The minimum Gasteiger partial charge on any atom is -0.310 e. The fourth-order valence-electron chi connectivity index (χ4n) is 9.44. The third-order valence-corrected chi connectivity index (χ3v) is 13.4. The van der Waals surface area contributed by atoms with Gasteiger partial charge in [0.1, 0.15) is 0 Å². The molecular formula is C58H38N2S. The van der Waals surface area contributed by atoms with Crippen LogP contribution in [0.5, 0.6) is 0 Å². The average Bonchev–Trinajstić information content (AvgIpc) is 3.88. The van der Waals surface area contributed by atoms with Gasteiger partial charge in [-0.25, -0.2) is 0 Å². The third kappa shape index (κ3) is 5.85. The minimum atomic E-state index is 1.09. The molecule has 0 spiro atoms. The molecular weight excluding hydrogens is 757 g/mol. The van der Waals surface area contributed by atoms with Crippen LogP contribution in [0.25, 0.3) is 91.8 Å². The summed E-state index contributed by atoms with van der Waals surface area (Å²) in [5, 5.41) is 7.56. The predicted octanol–water partition coefficient (Wildman–Crippen LogP) is 16.8. The molecule has 0 aliphatic carbocycles. The zero-order valence-corrected chi connectivity index (χ0v) is 34.1. The summed E-state index contributed by atoms with van der Waals surface area (Å²) >= 11 is 1.88. The second-order valence-corrected chi connectivity index (χ2v) is 16.7. The van der Waals surface area contributed by atoms with Gasteiger partial charge in [0.2, 0.25) is 0 Å². The molecule has 0 fully saturated rings. The molecule has 0 saturated carbocycles. The minimum absolute atomic E-state index is 1.09. The summed E-state index contributed by atoms with van der Waals surface area (Å²) in [4.78, 5) is 2.43. The van der Waals surface area contributed by atoms with Crippen LogP contribution in [-0.2, 0) is 0 Å². The predicted molar refractivity (Wildman–Crippen MR) is 262 cm³/mol. The lowest BCUT2D eigenvalue weighted by molar-refractivity contribution is 1.18. The van der Waals surface area contributed by atoms with Crippen LogP contribution in [0.4, 0.5) is 17.1 Å². The standard InChI is InChI=1S/C58H38N2S/c1-2-16-40(17-3-1)46-21-6-10-28-53(46)59(42-34-32-41(33-35-42)45-25-14-19-39-18-4-5-20-44(39)45)43-36-37-49-47-22-7-11-29-54(47)60(56(49)38-43)55-30-12-8-23-48(55)51-26-15-27-52-50-24-9-13-31-57(50)61-58(51)52/h1-38H. The monoisotopic (exact) mass is 794 g/mol. The number of para-hydroxylation sites is 3. The van der Waals surface area contributed by atoms with Crippen molar-refractivity contribution in [3.8, 4) is 39.1 Å². The van der Waals surface area contributed by atoms with Crippen LogP contribution in [0.2, 0.25) is 0 Å². The van der Waals surface area contributed by atoms with E-state index in [1.807, 2.05) is 11.3 Å². The molecule has 0 unspecified atom stereocenters. The molecule has 0 atom stereocenters. The highest BCUT2D eigenvalue weighted by Gasteiger charge is 2.22. The number of thiophene rings is 1. The van der Waals surface area contributed by atoms with E-state index in [0.717, 1.165) is 28.3 Å². The normalized spacial score (nSPS) is 11.6. The fraction of sp³-hybridized carbons (Fsp3) is 0. The first-order valence-electron chi connectivity index (χ1n) is 20.8. The Morgan fingerprint density at radius 1 is 0.344 bits per heavy atom. The number of anilines is 3. The molecule has 12 aromatic rings. The topological polar surface area (TPSA) is 8.17 Å². The zero-order chi connectivity index (χ0) is 40.3. The van der Waals surface area contributed by atoms with Gasteiger partial charge in [0, 0.05) is 59.0 Å². The number of fused-ring (bicyclic) bond motifs is 7. The van der Waals surface area contributed by atoms with E-state index in [2.05, 4.69) is 240 Å². The van der Waals surface area contributed by atoms with Crippen LogP contribution in [0.15, 0.2) is 231 Å². The first-order valence-corrected chi connectivity index (χ1v) is 21.7. The maximum absolute atomic E-state index is 2.49. The number of benzene rings is 10. The van der Waals surface area contributed by atoms with E-state index in [0.29, 0.717) is 0 Å². The van der Waals surface area contributed by atoms with Gasteiger partial charge >= 0.3 is 0 Å². The van der Waals surface area contributed by atoms with Crippen molar-refractivity contribution in [3.63, 3.8) is 0 Å². The lowest BCUT2D eigenvalue weighted by Crippen LogP contribution is -2.11. The van der Waals surface area contributed by atoms with Gasteiger partial charge in [-0.1, -0.05) is 182 Å². The Kier molecular flexibility index (Phi) is 8.39. The Hall–Kier alpha value is -7.72. The second-order valence-electron chi connectivity index (χ2n) is 15.6. The summed E-state index contributed by atoms with van der Waals surface area (Å²) < 4.78 is 5.11. The van der Waals surface area contributed by atoms with Crippen molar-refractivity contribution in [3.05, 3.63) is 231 Å². The Labute approximate surface area is 358 Å². The molecule has 3 heteroatoms. The van der Waals surface area contributed by atoms with Gasteiger partial charge in [0.15, 0.2) is 0 Å². The second kappa shape index (κ2) is 14.5. The van der Waals surface area contributed by atoms with E-state index in [4.69, 9.17) is 0 Å². The molecule has 2 nitrogen and oxygen atoms in total. The number of nitrogens with zero attached hydrogens (tertiary/aromatic N) is 2. The summed E-state index contributed by atoms with van der Waals surface area (Å²) in [6.45, 7) is 0. The zero-order valence-electron chi connectivity index (χ0n) is 33.2. The van der Waals surface area contributed by atoms with E-state index in [9.17, 15) is 0 Å². The maximum atomic E-state index is 2.49. The molecule has 286 valence electrons. The first-order chi connectivity index (χ1) is 30.3. The molecule has 0 saturated heterocycles. The number of aromatic nitrogens is 1. The van der Waals surface area contributed by atoms with Gasteiger partial charge in [0.25, 0.3) is 0 Å². The van der Waals surface area contributed by atoms with Crippen LogP contribution in [-0.4, -0.2) is 4.57 Å². The SMILES string of the molecule is c1ccc(-c2ccccc2N(c2ccc(-c3cccc4ccccc34)cc2)c2ccc3c4ccccc4n(-c4ccccc4-c4cccc5c4sc4ccccc45)c3c2)cc1. The molecule has 0 N–H and O–H groups in total. The van der Waals surface area contributed by atoms with Gasteiger partial charge in [-0.2, -0.15) is 0 Å². The molecule has 12 rings (SSSR count). The quantitative estimate of drug-likeness (QED) is 0.156. The van der Waals surface area contributed by atoms with Crippen LogP contribution in [0, 0.1) is 0 Å². The van der Waals surface area contributed by atoms with Crippen molar-refractivity contribution in [2.75, 3.05) is 4.90 Å². The van der Waals surface area contributed by atoms with Crippen LogP contribution < -0.4 is 4.90 Å². The molecule has 2 aromatic heterocycles. The highest BCUT2D eigenvalue weighted by atomic mass is 32.1. The largest absolute Gasteiger partial charge is 0.310 e. The van der Waals surface area contributed by atoms with E-state index in [-0.39, 0.29) is 0 Å². The van der Waals surface area contributed by atoms with Gasteiger partial charge < -0.3 is 9.47 Å². The summed E-state index contributed by atoms with van der Waals surface area (Å²) in [5.74, 6) is 0. The lowest BCUT2D eigenvalue weighted by Gasteiger charge is -2.28. The highest BCUT2D eigenvalue weighted by molar-refractivity contribution is 7.26. The summed E-state index contributed by atoms with van der Waals surface area (Å²) in [7, 11) is 0. The molecule has 0 bridgehead atoms. The van der Waals surface area contributed by atoms with Crippen molar-refractivity contribution in [1.82, 2.24) is 4.57 Å². The summed E-state index contributed by atoms with van der Waals surface area (Å²) in [6.07, 6.45) is 0. The van der Waals surface area contributed by atoms with E-state index < -0.39 is 0 Å². The van der Waals surface area contributed by atoms with Crippen molar-refractivity contribution >= 4 is 81.1 Å². The van der Waals surface area contributed by atoms with Crippen molar-refractivity contribution in [1.29, 1.82) is 0 Å². The average molecular weight is 795 g/mol. The van der Waals surface area contributed by atoms with E-state index in [1.165, 1.54) is 80.6 Å². The number of hydrogen-bond acceptors (Lipinski definition) is 2. The smallest absolute Gasteiger partial charge is 0.0562 e. The first kappa shape index (κ1) is 35.2. The molecule has 0 aliphatic heterocycles. The highest BCUT2D eigenvalue weighted by Crippen LogP contribution is 2.46. The lowest BCUT2D eigenvalue weighted by atomic mass is 9.97. The Balaban J connectivity index is 1.08. The fourth-order valence-corrected chi connectivity index (χ4v) is 10.7. The summed E-state index contributed by atoms with van der Waals surface area (Å²) in [5.41, 5.74) is 14.0. The van der Waals surface area contributed by atoms with Crippen molar-refractivity contribution in [2.24, 2.45) is 0 Å². The van der Waals surface area contributed by atoms with Crippen LogP contribution >= 0.6 is 11.3 Å². The molecule has 61 heavy (non-hydrogen) atoms. The van der Waals surface area contributed by atoms with Gasteiger partial charge in [-0.05, 0) is 76.0 Å². The Morgan fingerprint density at radius 3 is 1.82 bits per heavy atom. The molecule has 0 amide bonds. The van der Waals surface area contributed by atoms with E-state index >= 15 is 0 Å². The number of hydrogen-bond donors (Lipinski definition) is 0. The van der Waals surface area contributed by atoms with Gasteiger partial charge in [-0.3, -0.25) is 0 Å². The molecule has 2 heterocycles. The molecule has 10 aromatic carbocycles. The Morgan fingerprint density at radius 2 is 0.934 bits per heavy atom. The molecule has 0 aliphatic rings. The van der Waals surface area contributed by atoms with Crippen molar-refractivity contribution in [2.45, 2.75) is 0 Å². The molecule has 0 radical (unpaired) electrons. The summed E-state index contributed by atoms with van der Waals surface area (Å²) in [6, 6.07) is 84.2. The van der Waals surface area contributed by atoms with Gasteiger partial charge in [-0.15, -0.1) is 11.3 Å². The number of rotatable bonds is 7. The van der Waals surface area contributed by atoms with E-state index in [1.54, 1.807) is 0 Å².